The number of hydrogen-bond donors (Lipinski definition) is 2. The van der Waals surface area contributed by atoms with Crippen molar-refractivity contribution in [3.05, 3.63) is 27.4 Å². The fourth-order valence-electron chi connectivity index (χ4n) is 0.892. The molecule has 0 fully saturated rings. The molecule has 2 N–H and O–H groups in total. The topological polar surface area (TPSA) is 32.3 Å². The molecule has 0 aliphatic carbocycles. The summed E-state index contributed by atoms with van der Waals surface area (Å²) in [5, 5.41) is 11.7. The minimum Gasteiger partial charge on any atom is -0.395 e. The third-order valence-electron chi connectivity index (χ3n) is 1.42. The number of anilines is 1. The van der Waals surface area contributed by atoms with Gasteiger partial charge in [-0.15, -0.1) is 0 Å². The molecule has 72 valence electrons. The Labute approximate surface area is 88.8 Å². The lowest BCUT2D eigenvalue weighted by Gasteiger charge is -2.08. The summed E-state index contributed by atoms with van der Waals surface area (Å²) in [7, 11) is 0. The van der Waals surface area contributed by atoms with E-state index in [1.165, 1.54) is 12.1 Å². The van der Waals surface area contributed by atoms with Crippen molar-refractivity contribution < 1.29 is 9.50 Å². The first-order valence-electron chi connectivity index (χ1n) is 3.64. The van der Waals surface area contributed by atoms with E-state index in [4.69, 9.17) is 16.7 Å². The average molecular weight is 269 g/mol. The van der Waals surface area contributed by atoms with Crippen LogP contribution in [0.25, 0.3) is 0 Å². The molecule has 0 radical (unpaired) electrons. The fraction of sp³-hybridized carbons (Fsp3) is 0.250. The number of nitrogens with one attached hydrogen (secondary N) is 1. The Balaban J connectivity index is 2.92. The monoisotopic (exact) mass is 267 g/mol. The Morgan fingerprint density at radius 2 is 2.23 bits per heavy atom. The fourth-order valence-corrected chi connectivity index (χ4v) is 1.85. The SMILES string of the molecule is OCCNc1c(Cl)cc(F)cc1Br. The van der Waals surface area contributed by atoms with E-state index in [2.05, 4.69) is 21.2 Å². The van der Waals surface area contributed by atoms with Crippen molar-refractivity contribution in [2.24, 2.45) is 0 Å². The highest BCUT2D eigenvalue weighted by molar-refractivity contribution is 9.10. The third kappa shape index (κ3) is 2.83. The van der Waals surface area contributed by atoms with Gasteiger partial charge in [-0.3, -0.25) is 0 Å². The van der Waals surface area contributed by atoms with Gasteiger partial charge in [0.05, 0.1) is 17.3 Å². The smallest absolute Gasteiger partial charge is 0.125 e. The van der Waals surface area contributed by atoms with Gasteiger partial charge in [-0.25, -0.2) is 4.39 Å². The van der Waals surface area contributed by atoms with E-state index in [1.807, 2.05) is 0 Å². The van der Waals surface area contributed by atoms with Gasteiger partial charge in [0.1, 0.15) is 5.82 Å². The number of aliphatic hydroxyl groups excluding tert-OH is 1. The molecule has 0 bridgehead atoms. The molecule has 1 aromatic carbocycles. The molecule has 0 heterocycles. The zero-order valence-corrected chi connectivity index (χ0v) is 8.99. The van der Waals surface area contributed by atoms with Gasteiger partial charge in [0.25, 0.3) is 0 Å². The Morgan fingerprint density at radius 1 is 1.54 bits per heavy atom. The van der Waals surface area contributed by atoms with Crippen molar-refractivity contribution in [1.29, 1.82) is 0 Å². The Bertz CT molecular complexity index is 285. The van der Waals surface area contributed by atoms with E-state index in [1.54, 1.807) is 0 Å². The number of rotatable bonds is 3. The highest BCUT2D eigenvalue weighted by Crippen LogP contribution is 2.31. The largest absolute Gasteiger partial charge is 0.395 e. The molecule has 0 aliphatic heterocycles. The minimum atomic E-state index is -0.397. The number of hydrogen-bond acceptors (Lipinski definition) is 2. The zero-order valence-electron chi connectivity index (χ0n) is 6.65. The van der Waals surface area contributed by atoms with E-state index in [0.717, 1.165) is 0 Å². The van der Waals surface area contributed by atoms with Crippen LogP contribution < -0.4 is 5.32 Å². The standard InChI is InChI=1S/C8H8BrClFNO/c9-6-3-5(11)4-7(10)8(6)12-1-2-13/h3-4,12-13H,1-2H2. The van der Waals surface area contributed by atoms with E-state index < -0.39 is 5.82 Å². The van der Waals surface area contributed by atoms with Gasteiger partial charge in [0, 0.05) is 11.0 Å². The van der Waals surface area contributed by atoms with Gasteiger partial charge in [-0.1, -0.05) is 11.6 Å². The summed E-state index contributed by atoms with van der Waals surface area (Å²) in [6.07, 6.45) is 0. The van der Waals surface area contributed by atoms with E-state index >= 15 is 0 Å². The van der Waals surface area contributed by atoms with Crippen LogP contribution >= 0.6 is 27.5 Å². The molecule has 1 rings (SSSR count). The van der Waals surface area contributed by atoms with Crippen LogP contribution in [-0.2, 0) is 0 Å². The molecule has 0 aliphatic rings. The van der Waals surface area contributed by atoms with Crippen molar-refractivity contribution >= 4 is 33.2 Å². The van der Waals surface area contributed by atoms with Gasteiger partial charge in [-0.2, -0.15) is 0 Å². The molecule has 0 unspecified atom stereocenters. The van der Waals surface area contributed by atoms with Gasteiger partial charge in [0.2, 0.25) is 0 Å². The summed E-state index contributed by atoms with van der Waals surface area (Å²) in [5.74, 6) is -0.397. The highest BCUT2D eigenvalue weighted by atomic mass is 79.9. The molecule has 5 heteroatoms. The van der Waals surface area contributed by atoms with Gasteiger partial charge < -0.3 is 10.4 Å². The van der Waals surface area contributed by atoms with Crippen LogP contribution in [0, 0.1) is 5.82 Å². The summed E-state index contributed by atoms with van der Waals surface area (Å²) in [6.45, 7) is 0.379. The van der Waals surface area contributed by atoms with Crippen molar-refractivity contribution in [3.8, 4) is 0 Å². The number of halogens is 3. The number of benzene rings is 1. The summed E-state index contributed by atoms with van der Waals surface area (Å²) >= 11 is 8.92. The lowest BCUT2D eigenvalue weighted by Crippen LogP contribution is -2.06. The summed E-state index contributed by atoms with van der Waals surface area (Å²) in [6, 6.07) is 2.53. The van der Waals surface area contributed by atoms with Crippen molar-refractivity contribution in [2.75, 3.05) is 18.5 Å². The van der Waals surface area contributed by atoms with Gasteiger partial charge in [-0.05, 0) is 28.1 Å². The first-order chi connectivity index (χ1) is 6.15. The molecule has 0 saturated carbocycles. The Kier molecular flexibility index (Phi) is 3.96. The summed E-state index contributed by atoms with van der Waals surface area (Å²) in [5.41, 5.74) is 0.595. The summed E-state index contributed by atoms with van der Waals surface area (Å²) in [4.78, 5) is 0. The molecule has 0 atom stereocenters. The molecular formula is C8H8BrClFNO. The molecule has 0 aromatic heterocycles. The first-order valence-corrected chi connectivity index (χ1v) is 4.81. The minimum absolute atomic E-state index is 0.000144. The molecule has 2 nitrogen and oxygen atoms in total. The number of aliphatic hydroxyl groups is 1. The second kappa shape index (κ2) is 4.79. The van der Waals surface area contributed by atoms with Crippen LogP contribution in [0.15, 0.2) is 16.6 Å². The Hall–Kier alpha value is -0.320. The predicted molar refractivity (Wildman–Crippen MR) is 54.7 cm³/mol. The lowest BCUT2D eigenvalue weighted by molar-refractivity contribution is 0.311. The molecule has 0 saturated heterocycles. The van der Waals surface area contributed by atoms with E-state index in [-0.39, 0.29) is 6.61 Å². The van der Waals surface area contributed by atoms with Crippen molar-refractivity contribution in [3.63, 3.8) is 0 Å². The second-order valence-corrected chi connectivity index (χ2v) is 3.66. The van der Waals surface area contributed by atoms with Gasteiger partial charge >= 0.3 is 0 Å². The van der Waals surface area contributed by atoms with Crippen LogP contribution in [0.2, 0.25) is 5.02 Å². The van der Waals surface area contributed by atoms with Crippen LogP contribution in [0.3, 0.4) is 0 Å². The van der Waals surface area contributed by atoms with Crippen LogP contribution in [-0.4, -0.2) is 18.3 Å². The molecule has 13 heavy (non-hydrogen) atoms. The molecule has 0 spiro atoms. The van der Waals surface area contributed by atoms with Crippen molar-refractivity contribution in [1.82, 2.24) is 0 Å². The first kappa shape index (κ1) is 10.8. The van der Waals surface area contributed by atoms with Crippen LogP contribution in [0.1, 0.15) is 0 Å². The average Bonchev–Trinajstić information content (AvgIpc) is 2.02. The maximum Gasteiger partial charge on any atom is 0.125 e. The molecular weight excluding hydrogens is 260 g/mol. The zero-order chi connectivity index (χ0) is 9.84. The highest BCUT2D eigenvalue weighted by Gasteiger charge is 2.06. The van der Waals surface area contributed by atoms with Gasteiger partial charge in [0.15, 0.2) is 0 Å². The summed E-state index contributed by atoms with van der Waals surface area (Å²) < 4.78 is 13.3. The second-order valence-electron chi connectivity index (χ2n) is 2.39. The lowest BCUT2D eigenvalue weighted by atomic mass is 10.3. The molecule has 0 amide bonds. The maximum atomic E-state index is 12.7. The quantitative estimate of drug-likeness (QED) is 0.883. The van der Waals surface area contributed by atoms with Crippen LogP contribution in [0.4, 0.5) is 10.1 Å². The van der Waals surface area contributed by atoms with Crippen LogP contribution in [0.5, 0.6) is 0 Å². The van der Waals surface area contributed by atoms with E-state index in [9.17, 15) is 4.39 Å². The maximum absolute atomic E-state index is 12.7. The van der Waals surface area contributed by atoms with Crippen molar-refractivity contribution in [2.45, 2.75) is 0 Å². The predicted octanol–water partition coefficient (Wildman–Crippen LogP) is 2.65. The molecule has 1 aromatic rings. The van der Waals surface area contributed by atoms with E-state index in [0.29, 0.717) is 21.7 Å². The Morgan fingerprint density at radius 3 is 2.77 bits per heavy atom. The normalized spacial score (nSPS) is 10.2. The third-order valence-corrected chi connectivity index (χ3v) is 2.34.